The van der Waals surface area contributed by atoms with E-state index in [1.54, 1.807) is 19.3 Å². The molecule has 0 fully saturated rings. The van der Waals surface area contributed by atoms with Gasteiger partial charge in [-0.15, -0.1) is 6.58 Å². The second-order valence-electron chi connectivity index (χ2n) is 5.84. The van der Waals surface area contributed by atoms with E-state index >= 15 is 0 Å². The molecule has 5 nitrogen and oxygen atoms in total. The van der Waals surface area contributed by atoms with Crippen LogP contribution in [0.15, 0.2) is 65.0 Å². The van der Waals surface area contributed by atoms with E-state index < -0.39 is 0 Å². The first-order chi connectivity index (χ1) is 13.1. The van der Waals surface area contributed by atoms with Crippen LogP contribution >= 0.6 is 11.8 Å². The molecule has 2 N–H and O–H groups in total. The quantitative estimate of drug-likeness (QED) is 0.582. The maximum atomic E-state index is 11.9. The van der Waals surface area contributed by atoms with Gasteiger partial charge in [-0.25, -0.2) is 0 Å². The Morgan fingerprint density at radius 2 is 2.04 bits per heavy atom. The van der Waals surface area contributed by atoms with Gasteiger partial charge in [0.1, 0.15) is 6.61 Å². The molecule has 0 saturated heterocycles. The van der Waals surface area contributed by atoms with Gasteiger partial charge in [-0.2, -0.15) is 4.99 Å². The summed E-state index contributed by atoms with van der Waals surface area (Å²) in [4.78, 5) is 16.1. The molecule has 0 atom stereocenters. The number of carbonyl (C=O) groups is 1. The molecule has 2 aromatic rings. The van der Waals surface area contributed by atoms with Crippen molar-refractivity contribution in [2.75, 3.05) is 7.11 Å². The Morgan fingerprint density at radius 1 is 1.26 bits per heavy atom. The number of ether oxygens (including phenoxy) is 2. The molecule has 1 aliphatic rings. The van der Waals surface area contributed by atoms with Crippen molar-refractivity contribution in [1.82, 2.24) is 0 Å². The summed E-state index contributed by atoms with van der Waals surface area (Å²) in [6, 6.07) is 13.7. The fraction of sp³-hybridized carbons (Fsp3) is 0.143. The van der Waals surface area contributed by atoms with Gasteiger partial charge >= 0.3 is 0 Å². The largest absolute Gasteiger partial charge is 0.493 e. The number of allylic oxidation sites excluding steroid dienone is 1. The molecule has 0 unspecified atom stereocenters. The summed E-state index contributed by atoms with van der Waals surface area (Å²) in [5, 5.41) is 0.257. The molecule has 3 rings (SSSR count). The lowest BCUT2D eigenvalue weighted by atomic mass is 10.0. The second-order valence-corrected chi connectivity index (χ2v) is 6.91. The number of carbonyl (C=O) groups excluding carboxylic acids is 1. The molecular formula is C21H20N2O3S. The van der Waals surface area contributed by atoms with Gasteiger partial charge < -0.3 is 15.2 Å². The molecule has 138 valence electrons. The Morgan fingerprint density at radius 3 is 2.67 bits per heavy atom. The number of amidine groups is 1. The van der Waals surface area contributed by atoms with Gasteiger partial charge in [0, 0.05) is 5.56 Å². The number of benzene rings is 2. The van der Waals surface area contributed by atoms with Gasteiger partial charge in [-0.3, -0.25) is 4.79 Å². The highest BCUT2D eigenvalue weighted by Crippen LogP contribution is 2.36. The second kappa shape index (κ2) is 8.60. The SMILES string of the molecule is C=CCc1cc(C=C2SC(N)=NC2=O)cc(OC)c1OCc1ccccc1. The topological polar surface area (TPSA) is 73.9 Å². The molecule has 0 aliphatic carbocycles. The fourth-order valence-corrected chi connectivity index (χ4v) is 3.38. The smallest absolute Gasteiger partial charge is 0.286 e. The number of hydrogen-bond donors (Lipinski definition) is 1. The van der Waals surface area contributed by atoms with Gasteiger partial charge in [-0.05, 0) is 47.5 Å². The third-order valence-corrected chi connectivity index (χ3v) is 4.71. The molecule has 27 heavy (non-hydrogen) atoms. The first-order valence-corrected chi connectivity index (χ1v) is 9.19. The summed E-state index contributed by atoms with van der Waals surface area (Å²) in [5.74, 6) is 0.942. The Balaban J connectivity index is 1.92. The van der Waals surface area contributed by atoms with Crippen LogP contribution < -0.4 is 15.2 Å². The molecule has 0 aromatic heterocycles. The van der Waals surface area contributed by atoms with Crippen molar-refractivity contribution in [2.24, 2.45) is 10.7 Å². The summed E-state index contributed by atoms with van der Waals surface area (Å²) in [6.07, 6.45) is 4.17. The monoisotopic (exact) mass is 380 g/mol. The summed E-state index contributed by atoms with van der Waals surface area (Å²) in [6.45, 7) is 4.25. The molecule has 0 radical (unpaired) electrons. The van der Waals surface area contributed by atoms with Gasteiger partial charge in [0.25, 0.3) is 5.91 Å². The van der Waals surface area contributed by atoms with Gasteiger partial charge in [0.05, 0.1) is 12.0 Å². The van der Waals surface area contributed by atoms with Crippen molar-refractivity contribution in [1.29, 1.82) is 0 Å². The zero-order valence-corrected chi connectivity index (χ0v) is 15.8. The number of amides is 1. The third-order valence-electron chi connectivity index (χ3n) is 3.90. The lowest BCUT2D eigenvalue weighted by molar-refractivity contribution is -0.113. The number of rotatable bonds is 7. The van der Waals surface area contributed by atoms with Gasteiger partial charge in [0.2, 0.25) is 0 Å². The third kappa shape index (κ3) is 4.60. The minimum Gasteiger partial charge on any atom is -0.493 e. The summed E-state index contributed by atoms with van der Waals surface area (Å²) < 4.78 is 11.6. The standard InChI is InChI=1S/C21H20N2O3S/c1-3-7-16-10-15(12-18-20(24)23-21(22)27-18)11-17(25-2)19(16)26-13-14-8-5-4-6-9-14/h3-6,8-12H,1,7,13H2,2H3,(H2,22,23,24). The van der Waals surface area contributed by atoms with Crippen molar-refractivity contribution in [3.05, 3.63) is 76.7 Å². The van der Waals surface area contributed by atoms with Crippen LogP contribution in [0.25, 0.3) is 6.08 Å². The predicted molar refractivity (Wildman–Crippen MR) is 110 cm³/mol. The number of aliphatic imine (C=N–C) groups is 1. The van der Waals surface area contributed by atoms with Crippen LogP contribution in [0.5, 0.6) is 11.5 Å². The molecule has 0 bridgehead atoms. The maximum Gasteiger partial charge on any atom is 0.286 e. The van der Waals surface area contributed by atoms with Crippen molar-refractivity contribution < 1.29 is 14.3 Å². The van der Waals surface area contributed by atoms with Gasteiger partial charge in [0.15, 0.2) is 16.7 Å². The average molecular weight is 380 g/mol. The normalized spacial score (nSPS) is 14.9. The number of thioether (sulfide) groups is 1. The van der Waals surface area contributed by atoms with Crippen molar-refractivity contribution in [3.8, 4) is 11.5 Å². The molecule has 1 amide bonds. The average Bonchev–Trinajstić information content (AvgIpc) is 2.98. The molecule has 6 heteroatoms. The van der Waals surface area contributed by atoms with Crippen LogP contribution in [-0.4, -0.2) is 18.2 Å². The lowest BCUT2D eigenvalue weighted by Gasteiger charge is -2.16. The summed E-state index contributed by atoms with van der Waals surface area (Å²) in [5.41, 5.74) is 8.42. The predicted octanol–water partition coefficient (Wildman–Crippen LogP) is 3.93. The van der Waals surface area contributed by atoms with Crippen molar-refractivity contribution in [3.63, 3.8) is 0 Å². The molecular weight excluding hydrogens is 360 g/mol. The van der Waals surface area contributed by atoms with Crippen LogP contribution in [0.4, 0.5) is 0 Å². The van der Waals surface area contributed by atoms with Gasteiger partial charge in [-0.1, -0.05) is 36.4 Å². The lowest BCUT2D eigenvalue weighted by Crippen LogP contribution is -2.02. The summed E-state index contributed by atoms with van der Waals surface area (Å²) in [7, 11) is 1.59. The van der Waals surface area contributed by atoms with E-state index in [-0.39, 0.29) is 11.1 Å². The van der Waals surface area contributed by atoms with E-state index in [0.29, 0.717) is 29.4 Å². The van der Waals surface area contributed by atoms with Crippen LogP contribution in [0.2, 0.25) is 0 Å². The highest BCUT2D eigenvalue weighted by Gasteiger charge is 2.20. The number of hydrogen-bond acceptors (Lipinski definition) is 5. The van der Waals surface area contributed by atoms with E-state index in [9.17, 15) is 4.79 Å². The van der Waals surface area contributed by atoms with E-state index in [4.69, 9.17) is 15.2 Å². The van der Waals surface area contributed by atoms with E-state index in [1.807, 2.05) is 42.5 Å². The minimum absolute atomic E-state index is 0.257. The zero-order chi connectivity index (χ0) is 19.2. The number of nitrogens with two attached hydrogens (primary N) is 1. The molecule has 1 heterocycles. The minimum atomic E-state index is -0.328. The van der Waals surface area contributed by atoms with E-state index in [2.05, 4.69) is 11.6 Å². The molecule has 0 saturated carbocycles. The van der Waals surface area contributed by atoms with E-state index in [1.165, 1.54) is 0 Å². The summed E-state index contributed by atoms with van der Waals surface area (Å²) >= 11 is 1.16. The Labute approximate surface area is 162 Å². The van der Waals surface area contributed by atoms with Crippen molar-refractivity contribution >= 4 is 28.9 Å². The Bertz CT molecular complexity index is 921. The van der Waals surface area contributed by atoms with Crippen molar-refractivity contribution in [2.45, 2.75) is 13.0 Å². The Hall–Kier alpha value is -2.99. The van der Waals surface area contributed by atoms with Crippen LogP contribution in [0.1, 0.15) is 16.7 Å². The molecule has 0 spiro atoms. The maximum absolute atomic E-state index is 11.9. The molecule has 2 aromatic carbocycles. The fourth-order valence-electron chi connectivity index (χ4n) is 2.70. The number of nitrogens with zero attached hydrogens (tertiary/aromatic N) is 1. The number of methoxy groups -OCH3 is 1. The highest BCUT2D eigenvalue weighted by molar-refractivity contribution is 8.18. The Kier molecular flexibility index (Phi) is 5.98. The highest BCUT2D eigenvalue weighted by atomic mass is 32.2. The first kappa shape index (κ1) is 18.8. The van der Waals surface area contributed by atoms with Crippen LogP contribution in [0.3, 0.4) is 0 Å². The molecule has 1 aliphatic heterocycles. The first-order valence-electron chi connectivity index (χ1n) is 8.37. The van der Waals surface area contributed by atoms with E-state index in [0.717, 1.165) is 28.5 Å². The van der Waals surface area contributed by atoms with Crippen LogP contribution in [0, 0.1) is 0 Å². The van der Waals surface area contributed by atoms with Crippen LogP contribution in [-0.2, 0) is 17.8 Å². The zero-order valence-electron chi connectivity index (χ0n) is 15.0.